The molecule has 1 N–H and O–H groups in total. The average molecular weight is 432 g/mol. The number of carbonyl (C=O) groups excluding carboxylic acids is 1. The van der Waals surface area contributed by atoms with E-state index in [2.05, 4.69) is 5.32 Å². The Morgan fingerprint density at radius 2 is 1.97 bits per heavy atom. The minimum atomic E-state index is -0.103. The molecule has 0 radical (unpaired) electrons. The highest BCUT2D eigenvalue weighted by Crippen LogP contribution is 2.29. The summed E-state index contributed by atoms with van der Waals surface area (Å²) in [6.45, 7) is 8.31. The number of aromatic nitrogens is 2. The Hall–Kier alpha value is -2.32. The number of methoxy groups -OCH3 is 1. The molecule has 1 aromatic carbocycles. The normalized spacial score (nSPS) is 11.2. The number of carbonyl (C=O) groups is 1. The first-order valence-electron chi connectivity index (χ1n) is 9.36. The van der Waals surface area contributed by atoms with Gasteiger partial charge in [-0.2, -0.15) is 0 Å². The summed E-state index contributed by atoms with van der Waals surface area (Å²) in [5.41, 5.74) is 1.95. The first-order chi connectivity index (χ1) is 13.8. The van der Waals surface area contributed by atoms with E-state index < -0.39 is 0 Å². The van der Waals surface area contributed by atoms with Crippen molar-refractivity contribution in [3.05, 3.63) is 50.6 Å². The van der Waals surface area contributed by atoms with Gasteiger partial charge in [0.2, 0.25) is 5.91 Å². The minimum Gasteiger partial charge on any atom is -0.497 e. The number of fused-ring (bicyclic) bond motifs is 1. The van der Waals surface area contributed by atoms with Crippen LogP contribution in [0.3, 0.4) is 0 Å². The van der Waals surface area contributed by atoms with Crippen LogP contribution in [0.2, 0.25) is 0 Å². The van der Waals surface area contributed by atoms with Crippen molar-refractivity contribution in [3.8, 4) is 5.75 Å². The summed E-state index contributed by atoms with van der Waals surface area (Å²) in [7, 11) is 1.62. The van der Waals surface area contributed by atoms with Gasteiger partial charge >= 0.3 is 0 Å². The Kier molecular flexibility index (Phi) is 6.64. The number of hydrogen-bond donors (Lipinski definition) is 1. The Bertz CT molecular complexity index is 1090. The lowest BCUT2D eigenvalue weighted by Gasteiger charge is -2.15. The first-order valence-corrected chi connectivity index (χ1v) is 11.2. The molecule has 0 saturated carbocycles. The molecule has 0 aliphatic rings. The van der Waals surface area contributed by atoms with E-state index in [0.717, 1.165) is 26.6 Å². The molecule has 1 amide bonds. The molecular weight excluding hydrogens is 406 g/mol. The van der Waals surface area contributed by atoms with Gasteiger partial charge in [0, 0.05) is 17.5 Å². The SMILES string of the molecule is COc1ccc(CNC(=O)CSc2nc3sc(C)c(C)c3c(=O)n2C(C)C)cc1. The second kappa shape index (κ2) is 9.00. The molecule has 2 heterocycles. The van der Waals surface area contributed by atoms with Crippen LogP contribution >= 0.6 is 23.1 Å². The highest BCUT2D eigenvalue weighted by atomic mass is 32.2. The Morgan fingerprint density at radius 3 is 2.59 bits per heavy atom. The average Bonchev–Trinajstić information content (AvgIpc) is 2.98. The Morgan fingerprint density at radius 1 is 1.28 bits per heavy atom. The third-order valence-corrected chi connectivity index (χ3v) is 6.75. The van der Waals surface area contributed by atoms with Crippen LogP contribution in [-0.2, 0) is 11.3 Å². The highest BCUT2D eigenvalue weighted by Gasteiger charge is 2.19. The van der Waals surface area contributed by atoms with Crippen molar-refractivity contribution < 1.29 is 9.53 Å². The van der Waals surface area contributed by atoms with Gasteiger partial charge in [-0.1, -0.05) is 23.9 Å². The van der Waals surface area contributed by atoms with Gasteiger partial charge in [-0.3, -0.25) is 14.2 Å². The summed E-state index contributed by atoms with van der Waals surface area (Å²) < 4.78 is 6.82. The van der Waals surface area contributed by atoms with E-state index in [1.807, 2.05) is 52.0 Å². The van der Waals surface area contributed by atoms with Crippen LogP contribution in [-0.4, -0.2) is 28.3 Å². The van der Waals surface area contributed by atoms with Gasteiger partial charge in [0.15, 0.2) is 5.16 Å². The molecule has 3 rings (SSSR count). The molecule has 0 unspecified atom stereocenters. The van der Waals surface area contributed by atoms with E-state index in [-0.39, 0.29) is 23.3 Å². The van der Waals surface area contributed by atoms with E-state index in [0.29, 0.717) is 17.1 Å². The van der Waals surface area contributed by atoms with Crippen molar-refractivity contribution in [3.63, 3.8) is 0 Å². The van der Waals surface area contributed by atoms with Crippen LogP contribution in [0.15, 0.2) is 34.2 Å². The van der Waals surface area contributed by atoms with Gasteiger partial charge in [0.05, 0.1) is 18.2 Å². The van der Waals surface area contributed by atoms with E-state index in [9.17, 15) is 9.59 Å². The maximum Gasteiger partial charge on any atom is 0.263 e. The highest BCUT2D eigenvalue weighted by molar-refractivity contribution is 7.99. The molecule has 3 aromatic rings. The number of nitrogens with zero attached hydrogens (tertiary/aromatic N) is 2. The number of amides is 1. The molecule has 8 heteroatoms. The zero-order valence-electron chi connectivity index (χ0n) is 17.2. The molecule has 0 bridgehead atoms. The lowest BCUT2D eigenvalue weighted by Crippen LogP contribution is -2.27. The molecule has 6 nitrogen and oxygen atoms in total. The van der Waals surface area contributed by atoms with Gasteiger partial charge < -0.3 is 10.1 Å². The second-order valence-electron chi connectivity index (χ2n) is 7.04. The van der Waals surface area contributed by atoms with Crippen molar-refractivity contribution in [1.82, 2.24) is 14.9 Å². The predicted molar refractivity (Wildman–Crippen MR) is 119 cm³/mol. The molecular formula is C21H25N3O3S2. The molecule has 0 saturated heterocycles. The lowest BCUT2D eigenvalue weighted by atomic mass is 10.2. The maximum atomic E-state index is 13.0. The van der Waals surface area contributed by atoms with Crippen molar-refractivity contribution >= 4 is 39.2 Å². The molecule has 0 fully saturated rings. The smallest absolute Gasteiger partial charge is 0.263 e. The largest absolute Gasteiger partial charge is 0.497 e. The summed E-state index contributed by atoms with van der Waals surface area (Å²) in [5.74, 6) is 0.876. The van der Waals surface area contributed by atoms with Crippen LogP contribution in [0.5, 0.6) is 5.75 Å². The van der Waals surface area contributed by atoms with Crippen molar-refractivity contribution in [2.45, 2.75) is 45.4 Å². The van der Waals surface area contributed by atoms with Crippen molar-refractivity contribution in [2.75, 3.05) is 12.9 Å². The third kappa shape index (κ3) is 4.64. The third-order valence-electron chi connectivity index (χ3n) is 4.70. The summed E-state index contributed by atoms with van der Waals surface area (Å²) in [4.78, 5) is 31.9. The number of aryl methyl sites for hydroxylation is 2. The number of hydrogen-bond acceptors (Lipinski definition) is 6. The van der Waals surface area contributed by atoms with Crippen LogP contribution in [0.4, 0.5) is 0 Å². The summed E-state index contributed by atoms with van der Waals surface area (Å²) in [6, 6.07) is 7.52. The zero-order valence-corrected chi connectivity index (χ0v) is 18.9. The fourth-order valence-electron chi connectivity index (χ4n) is 2.97. The molecule has 154 valence electrons. The molecule has 0 aliphatic carbocycles. The second-order valence-corrected chi connectivity index (χ2v) is 9.19. The zero-order chi connectivity index (χ0) is 21.1. The first kappa shape index (κ1) is 21.4. The topological polar surface area (TPSA) is 73.2 Å². The van der Waals surface area contributed by atoms with Crippen LogP contribution < -0.4 is 15.6 Å². The van der Waals surface area contributed by atoms with E-state index >= 15 is 0 Å². The number of ether oxygens (including phenoxy) is 1. The number of rotatable bonds is 7. The fourth-order valence-corrected chi connectivity index (χ4v) is 5.00. The summed E-state index contributed by atoms with van der Waals surface area (Å²) in [5, 5.41) is 4.18. The Labute approximate surface area is 178 Å². The van der Waals surface area contributed by atoms with Crippen molar-refractivity contribution in [1.29, 1.82) is 0 Å². The van der Waals surface area contributed by atoms with Crippen LogP contribution in [0.1, 0.15) is 35.9 Å². The van der Waals surface area contributed by atoms with E-state index in [1.165, 1.54) is 23.1 Å². The lowest BCUT2D eigenvalue weighted by molar-refractivity contribution is -0.118. The van der Waals surface area contributed by atoms with Gasteiger partial charge in [-0.05, 0) is 51.0 Å². The minimum absolute atomic E-state index is 0.0343. The summed E-state index contributed by atoms with van der Waals surface area (Å²) >= 11 is 2.82. The van der Waals surface area contributed by atoms with Crippen LogP contribution in [0, 0.1) is 13.8 Å². The standard InChI is InChI=1S/C21H25N3O3S2/c1-12(2)24-20(26)18-13(3)14(4)29-19(18)23-21(24)28-11-17(25)22-10-15-6-8-16(27-5)9-7-15/h6-9,12H,10-11H2,1-5H3,(H,22,25). The number of nitrogens with one attached hydrogen (secondary N) is 1. The number of benzene rings is 1. The summed E-state index contributed by atoms with van der Waals surface area (Å²) in [6.07, 6.45) is 0. The van der Waals surface area contributed by atoms with Crippen LogP contribution in [0.25, 0.3) is 10.2 Å². The number of thioether (sulfide) groups is 1. The quantitative estimate of drug-likeness (QED) is 0.451. The van der Waals surface area contributed by atoms with E-state index in [4.69, 9.17) is 9.72 Å². The Balaban J connectivity index is 1.73. The van der Waals surface area contributed by atoms with Gasteiger partial charge in [0.1, 0.15) is 10.6 Å². The predicted octanol–water partition coefficient (Wildman–Crippen LogP) is 4.07. The van der Waals surface area contributed by atoms with Gasteiger partial charge in [-0.15, -0.1) is 11.3 Å². The molecule has 2 aromatic heterocycles. The molecule has 0 spiro atoms. The van der Waals surface area contributed by atoms with Gasteiger partial charge in [-0.25, -0.2) is 4.98 Å². The maximum absolute atomic E-state index is 13.0. The van der Waals surface area contributed by atoms with E-state index in [1.54, 1.807) is 11.7 Å². The molecule has 29 heavy (non-hydrogen) atoms. The number of thiophene rings is 1. The fraction of sp³-hybridized carbons (Fsp3) is 0.381. The molecule has 0 aliphatic heterocycles. The monoisotopic (exact) mass is 431 g/mol. The van der Waals surface area contributed by atoms with Gasteiger partial charge in [0.25, 0.3) is 5.56 Å². The van der Waals surface area contributed by atoms with Crippen molar-refractivity contribution in [2.24, 2.45) is 0 Å². The molecule has 0 atom stereocenters.